The summed E-state index contributed by atoms with van der Waals surface area (Å²) < 4.78 is 26.5. The summed E-state index contributed by atoms with van der Waals surface area (Å²) in [5.74, 6) is 0.230. The third-order valence-corrected chi connectivity index (χ3v) is 5.59. The minimum Gasteiger partial charge on any atom is -0.265 e. The van der Waals surface area contributed by atoms with Crippen molar-refractivity contribution < 1.29 is 8.42 Å². The van der Waals surface area contributed by atoms with E-state index in [1.54, 1.807) is 36.7 Å². The van der Waals surface area contributed by atoms with E-state index in [0.717, 1.165) is 5.56 Å². The van der Waals surface area contributed by atoms with E-state index in [4.69, 9.17) is 23.2 Å². The molecule has 0 radical (unpaired) electrons. The van der Waals surface area contributed by atoms with Crippen molar-refractivity contribution in [3.63, 3.8) is 0 Å². The molecule has 112 valence electrons. The van der Waals surface area contributed by atoms with Crippen LogP contribution in [0.3, 0.4) is 0 Å². The van der Waals surface area contributed by atoms with Gasteiger partial charge < -0.3 is 0 Å². The average molecular weight is 345 g/mol. The standard InChI is InChI=1S/C14H14Cl2N2O2S/c1-18(10-11-4-6-17-7-5-11)21(19,20)14-8-12(9-15)2-3-13(14)16/h2-8H,9-10H2,1H3. The lowest BCUT2D eigenvalue weighted by Gasteiger charge is -2.18. The number of sulfonamides is 1. The smallest absolute Gasteiger partial charge is 0.244 e. The second-order valence-corrected chi connectivity index (χ2v) is 7.20. The molecule has 0 fully saturated rings. The lowest BCUT2D eigenvalue weighted by Crippen LogP contribution is -2.26. The summed E-state index contributed by atoms with van der Waals surface area (Å²) in [5, 5.41) is 0.186. The number of halogens is 2. The zero-order valence-electron chi connectivity index (χ0n) is 11.3. The molecule has 0 spiro atoms. The third-order valence-electron chi connectivity index (χ3n) is 2.99. The topological polar surface area (TPSA) is 50.3 Å². The van der Waals surface area contributed by atoms with Crippen molar-refractivity contribution in [1.82, 2.24) is 9.29 Å². The number of alkyl halides is 1. The highest BCUT2D eigenvalue weighted by Gasteiger charge is 2.24. The fourth-order valence-corrected chi connectivity index (χ4v) is 3.67. The summed E-state index contributed by atoms with van der Waals surface area (Å²) in [6, 6.07) is 8.29. The van der Waals surface area contributed by atoms with Crippen LogP contribution in [0, 0.1) is 0 Å². The Kier molecular flexibility index (Phi) is 5.22. The number of pyridine rings is 1. The lowest BCUT2D eigenvalue weighted by molar-refractivity contribution is 0.466. The second kappa shape index (κ2) is 6.75. The van der Waals surface area contributed by atoms with Gasteiger partial charge in [0.2, 0.25) is 10.0 Å². The number of benzene rings is 1. The average Bonchev–Trinajstić information content (AvgIpc) is 2.48. The zero-order valence-corrected chi connectivity index (χ0v) is 13.7. The van der Waals surface area contributed by atoms with Crippen LogP contribution < -0.4 is 0 Å². The SMILES string of the molecule is CN(Cc1ccncc1)S(=O)(=O)c1cc(CCl)ccc1Cl. The first-order valence-corrected chi connectivity index (χ1v) is 8.50. The molecule has 1 aromatic carbocycles. The Bertz CT molecular complexity index is 721. The molecule has 0 atom stereocenters. The van der Waals surface area contributed by atoms with Gasteiger partial charge in [-0.15, -0.1) is 11.6 Å². The van der Waals surface area contributed by atoms with E-state index in [9.17, 15) is 8.42 Å². The Hall–Kier alpha value is -1.14. The minimum atomic E-state index is -3.68. The molecule has 0 aliphatic carbocycles. The summed E-state index contributed by atoms with van der Waals surface area (Å²) in [6.45, 7) is 0.242. The second-order valence-electron chi connectivity index (χ2n) is 4.51. The van der Waals surface area contributed by atoms with E-state index >= 15 is 0 Å². The number of aromatic nitrogens is 1. The van der Waals surface area contributed by atoms with E-state index in [-0.39, 0.29) is 22.3 Å². The molecule has 1 aromatic heterocycles. The van der Waals surface area contributed by atoms with E-state index < -0.39 is 10.0 Å². The Morgan fingerprint density at radius 2 is 1.81 bits per heavy atom. The van der Waals surface area contributed by atoms with Gasteiger partial charge >= 0.3 is 0 Å². The Morgan fingerprint density at radius 1 is 1.14 bits per heavy atom. The molecule has 1 heterocycles. The van der Waals surface area contributed by atoms with Gasteiger partial charge in [-0.05, 0) is 35.4 Å². The molecular formula is C14H14Cl2N2O2S. The minimum absolute atomic E-state index is 0.0684. The lowest BCUT2D eigenvalue weighted by atomic mass is 10.2. The largest absolute Gasteiger partial charge is 0.265 e. The Balaban J connectivity index is 2.33. The van der Waals surface area contributed by atoms with Crippen LogP contribution in [0.5, 0.6) is 0 Å². The summed E-state index contributed by atoms with van der Waals surface area (Å²) in [4.78, 5) is 3.97. The zero-order chi connectivity index (χ0) is 15.5. The first kappa shape index (κ1) is 16.2. The van der Waals surface area contributed by atoms with Gasteiger partial charge in [0.15, 0.2) is 0 Å². The fourth-order valence-electron chi connectivity index (χ4n) is 1.83. The summed E-state index contributed by atoms with van der Waals surface area (Å²) in [7, 11) is -2.16. The van der Waals surface area contributed by atoms with Gasteiger partial charge in [0, 0.05) is 31.9 Å². The molecule has 4 nitrogen and oxygen atoms in total. The summed E-state index contributed by atoms with van der Waals surface area (Å²) in [6.07, 6.45) is 3.24. The summed E-state index contributed by atoms with van der Waals surface area (Å²) in [5.41, 5.74) is 1.55. The van der Waals surface area contributed by atoms with Gasteiger partial charge in [-0.2, -0.15) is 4.31 Å². The van der Waals surface area contributed by atoms with E-state index in [1.165, 1.54) is 17.4 Å². The third kappa shape index (κ3) is 3.74. The van der Waals surface area contributed by atoms with E-state index in [2.05, 4.69) is 4.98 Å². The number of hydrogen-bond donors (Lipinski definition) is 0. The highest BCUT2D eigenvalue weighted by atomic mass is 35.5. The normalized spacial score (nSPS) is 11.8. The first-order valence-electron chi connectivity index (χ1n) is 6.15. The van der Waals surface area contributed by atoms with Gasteiger partial charge in [-0.1, -0.05) is 17.7 Å². The molecule has 0 aliphatic rings. The van der Waals surface area contributed by atoms with Gasteiger partial charge in [0.1, 0.15) is 4.90 Å². The molecule has 0 aliphatic heterocycles. The monoisotopic (exact) mass is 344 g/mol. The van der Waals surface area contributed by atoms with Crippen molar-refractivity contribution in [2.24, 2.45) is 0 Å². The van der Waals surface area contributed by atoms with Crippen LogP contribution in [0.1, 0.15) is 11.1 Å². The highest BCUT2D eigenvalue weighted by Crippen LogP contribution is 2.26. The summed E-state index contributed by atoms with van der Waals surface area (Å²) >= 11 is 11.8. The number of nitrogens with zero attached hydrogens (tertiary/aromatic N) is 2. The van der Waals surface area contributed by atoms with Gasteiger partial charge in [-0.3, -0.25) is 4.98 Å². The Labute approximate surface area is 134 Å². The fraction of sp³-hybridized carbons (Fsp3) is 0.214. The highest BCUT2D eigenvalue weighted by molar-refractivity contribution is 7.89. The van der Waals surface area contributed by atoms with Crippen LogP contribution in [0.15, 0.2) is 47.6 Å². The molecular weight excluding hydrogens is 331 g/mol. The molecule has 0 unspecified atom stereocenters. The molecule has 2 rings (SSSR count). The van der Waals surface area contributed by atoms with Gasteiger partial charge in [0.05, 0.1) is 5.02 Å². The maximum Gasteiger partial charge on any atom is 0.244 e. The van der Waals surface area contributed by atoms with Crippen molar-refractivity contribution in [2.75, 3.05) is 7.05 Å². The van der Waals surface area contributed by atoms with Crippen molar-refractivity contribution in [1.29, 1.82) is 0 Å². The van der Waals surface area contributed by atoms with Crippen molar-refractivity contribution in [3.8, 4) is 0 Å². The molecule has 0 bridgehead atoms. The molecule has 0 N–H and O–H groups in total. The molecule has 0 saturated heterocycles. The number of rotatable bonds is 5. The Morgan fingerprint density at radius 3 is 2.43 bits per heavy atom. The van der Waals surface area contributed by atoms with Crippen molar-refractivity contribution in [3.05, 3.63) is 58.9 Å². The van der Waals surface area contributed by atoms with Crippen molar-refractivity contribution in [2.45, 2.75) is 17.3 Å². The van der Waals surface area contributed by atoms with Crippen LogP contribution in [0.4, 0.5) is 0 Å². The number of hydrogen-bond acceptors (Lipinski definition) is 3. The predicted molar refractivity (Wildman–Crippen MR) is 83.9 cm³/mol. The maximum atomic E-state index is 12.6. The first-order chi connectivity index (χ1) is 9.95. The molecule has 2 aromatic rings. The van der Waals surface area contributed by atoms with Crippen LogP contribution >= 0.6 is 23.2 Å². The molecule has 7 heteroatoms. The van der Waals surface area contributed by atoms with Crippen LogP contribution in [-0.4, -0.2) is 24.8 Å². The molecule has 0 amide bonds. The van der Waals surface area contributed by atoms with E-state index in [1.807, 2.05) is 0 Å². The van der Waals surface area contributed by atoms with Crippen LogP contribution in [0.2, 0.25) is 5.02 Å². The quantitative estimate of drug-likeness (QED) is 0.782. The van der Waals surface area contributed by atoms with Gasteiger partial charge in [0.25, 0.3) is 0 Å². The van der Waals surface area contributed by atoms with E-state index in [0.29, 0.717) is 5.56 Å². The van der Waals surface area contributed by atoms with Crippen LogP contribution in [0.25, 0.3) is 0 Å². The van der Waals surface area contributed by atoms with Crippen LogP contribution in [-0.2, 0) is 22.4 Å². The maximum absolute atomic E-state index is 12.6. The molecule has 21 heavy (non-hydrogen) atoms. The predicted octanol–water partition coefficient (Wildman–Crippen LogP) is 3.29. The molecule has 0 saturated carbocycles. The van der Waals surface area contributed by atoms with Gasteiger partial charge in [-0.25, -0.2) is 8.42 Å². The van der Waals surface area contributed by atoms with Crippen molar-refractivity contribution >= 4 is 33.2 Å².